The minimum Gasteiger partial charge on any atom is -0.465 e. The quantitative estimate of drug-likeness (QED) is 0.329. The summed E-state index contributed by atoms with van der Waals surface area (Å²) in [6.45, 7) is 1.07. The number of halogens is 3. The lowest BCUT2D eigenvalue weighted by atomic mass is 10.2. The topological polar surface area (TPSA) is 134 Å². The molecule has 0 unspecified atom stereocenters. The Morgan fingerprint density at radius 1 is 0.952 bits per heavy atom. The van der Waals surface area contributed by atoms with Crippen molar-refractivity contribution in [2.75, 3.05) is 30.9 Å². The first kappa shape index (κ1) is 28.7. The number of ether oxygens (including phenoxy) is 1. The number of amides is 2. The van der Waals surface area contributed by atoms with Gasteiger partial charge in [0, 0.05) is 50.7 Å². The van der Waals surface area contributed by atoms with Crippen LogP contribution in [0.2, 0.25) is 0 Å². The summed E-state index contributed by atoms with van der Waals surface area (Å²) in [7, 11) is -2.42. The van der Waals surface area contributed by atoms with Gasteiger partial charge in [0.15, 0.2) is 0 Å². The van der Waals surface area contributed by atoms with E-state index in [2.05, 4.69) is 9.71 Å². The van der Waals surface area contributed by atoms with Crippen molar-refractivity contribution in [3.05, 3.63) is 78.1 Å². The molecule has 3 heterocycles. The third-order valence-corrected chi connectivity index (χ3v) is 8.17. The van der Waals surface area contributed by atoms with Crippen molar-refractivity contribution in [3.63, 3.8) is 0 Å². The van der Waals surface area contributed by atoms with Crippen molar-refractivity contribution in [3.8, 4) is 11.6 Å². The fraction of sp³-hybridized carbons (Fsp3) is 0.222. The Morgan fingerprint density at radius 3 is 2.21 bits per heavy atom. The number of hydrogen-bond donors (Lipinski definition) is 2. The van der Waals surface area contributed by atoms with Crippen LogP contribution in [0.5, 0.6) is 11.6 Å². The number of pyridine rings is 1. The number of alkyl halides is 3. The van der Waals surface area contributed by atoms with Gasteiger partial charge >= 0.3 is 12.3 Å². The highest BCUT2D eigenvalue weighted by molar-refractivity contribution is 7.92. The van der Waals surface area contributed by atoms with Crippen molar-refractivity contribution >= 4 is 38.6 Å². The van der Waals surface area contributed by atoms with Crippen molar-refractivity contribution < 1.29 is 41.0 Å². The van der Waals surface area contributed by atoms with Crippen LogP contribution in [0.25, 0.3) is 10.9 Å². The summed E-state index contributed by atoms with van der Waals surface area (Å²) in [5.41, 5.74) is 0.263. The molecule has 0 aliphatic carbocycles. The van der Waals surface area contributed by atoms with Gasteiger partial charge in [0.2, 0.25) is 5.88 Å². The van der Waals surface area contributed by atoms with Gasteiger partial charge in [-0.3, -0.25) is 9.52 Å². The van der Waals surface area contributed by atoms with Crippen molar-refractivity contribution in [2.24, 2.45) is 7.05 Å². The van der Waals surface area contributed by atoms with Crippen LogP contribution in [0.15, 0.2) is 71.8 Å². The van der Waals surface area contributed by atoms with Crippen LogP contribution in [0.3, 0.4) is 0 Å². The van der Waals surface area contributed by atoms with Crippen LogP contribution in [0, 0.1) is 0 Å². The van der Waals surface area contributed by atoms with E-state index in [0.29, 0.717) is 42.2 Å². The number of sulfonamides is 1. The Kier molecular flexibility index (Phi) is 7.45. The molecule has 2 N–H and O–H groups in total. The smallest absolute Gasteiger partial charge is 0.416 e. The molecule has 1 fully saturated rings. The first-order valence-corrected chi connectivity index (χ1v) is 14.0. The number of fused-ring (bicyclic) bond motifs is 1. The second-order valence-corrected chi connectivity index (χ2v) is 11.2. The molecule has 2 aromatic heterocycles. The minimum absolute atomic E-state index is 0.0764. The van der Waals surface area contributed by atoms with Crippen LogP contribution in [0.1, 0.15) is 16.1 Å². The standard InChI is InChI=1S/C27H24F3N5O6S/c1-33-22-15-20(6-2-17(22)14-23(33)25(36)34-10-12-35(13-11-34)26(37)38)41-24-9-5-19(16-31-24)32-42(39,40)21-7-3-18(4-8-21)27(28,29)30/h2-9,14-16,32H,10-13H2,1H3,(H,37,38). The Labute approximate surface area is 237 Å². The van der Waals surface area contributed by atoms with Gasteiger partial charge in [-0.15, -0.1) is 0 Å². The maximum atomic E-state index is 13.1. The van der Waals surface area contributed by atoms with Crippen LogP contribution in [0.4, 0.5) is 23.7 Å². The highest BCUT2D eigenvalue weighted by Crippen LogP contribution is 2.31. The van der Waals surface area contributed by atoms with Crippen molar-refractivity contribution in [1.82, 2.24) is 19.4 Å². The molecule has 0 saturated carbocycles. The fourth-order valence-electron chi connectivity index (χ4n) is 4.50. The predicted octanol–water partition coefficient (Wildman–Crippen LogP) is 4.62. The predicted molar refractivity (Wildman–Crippen MR) is 145 cm³/mol. The molecule has 0 radical (unpaired) electrons. The van der Waals surface area contributed by atoms with Crippen LogP contribution >= 0.6 is 0 Å². The molecule has 15 heteroatoms. The number of anilines is 1. The molecule has 42 heavy (non-hydrogen) atoms. The Balaban J connectivity index is 1.26. The zero-order valence-corrected chi connectivity index (χ0v) is 22.8. The molecule has 2 amide bonds. The van der Waals surface area contributed by atoms with Gasteiger partial charge in [0.05, 0.1) is 27.9 Å². The highest BCUT2D eigenvalue weighted by Gasteiger charge is 2.31. The Morgan fingerprint density at radius 2 is 1.62 bits per heavy atom. The van der Waals surface area contributed by atoms with Crippen LogP contribution in [-0.4, -0.2) is 71.1 Å². The van der Waals surface area contributed by atoms with E-state index in [9.17, 15) is 31.2 Å². The summed E-state index contributed by atoms with van der Waals surface area (Å²) < 4.78 is 73.3. The number of carboxylic acid groups (broad SMARTS) is 1. The van der Waals surface area contributed by atoms with E-state index in [4.69, 9.17) is 9.84 Å². The summed E-state index contributed by atoms with van der Waals surface area (Å²) in [4.78, 5) is 30.9. The van der Waals surface area contributed by atoms with Gasteiger partial charge in [-0.05, 0) is 48.5 Å². The van der Waals surface area contributed by atoms with E-state index in [1.165, 1.54) is 23.2 Å². The number of aryl methyl sites for hydroxylation is 1. The number of rotatable bonds is 6. The third kappa shape index (κ3) is 5.95. The molecular formula is C27H24F3N5O6S. The third-order valence-electron chi connectivity index (χ3n) is 6.78. The van der Waals surface area contributed by atoms with Gasteiger partial charge < -0.3 is 24.2 Å². The molecule has 4 aromatic rings. The highest BCUT2D eigenvalue weighted by atomic mass is 32.2. The maximum absolute atomic E-state index is 13.1. The van der Waals surface area contributed by atoms with Gasteiger partial charge in [-0.25, -0.2) is 18.2 Å². The lowest BCUT2D eigenvalue weighted by Gasteiger charge is -2.33. The molecule has 5 rings (SSSR count). The lowest BCUT2D eigenvalue weighted by molar-refractivity contribution is -0.137. The number of nitrogens with zero attached hydrogens (tertiary/aromatic N) is 4. The monoisotopic (exact) mass is 603 g/mol. The second-order valence-electron chi connectivity index (χ2n) is 9.49. The average Bonchev–Trinajstić information content (AvgIpc) is 3.28. The zero-order valence-electron chi connectivity index (χ0n) is 22.0. The summed E-state index contributed by atoms with van der Waals surface area (Å²) >= 11 is 0. The largest absolute Gasteiger partial charge is 0.465 e. The van der Waals surface area contributed by atoms with E-state index in [1.807, 2.05) is 0 Å². The molecule has 0 bridgehead atoms. The average molecular weight is 604 g/mol. The van der Waals surface area contributed by atoms with Crippen LogP contribution in [-0.2, 0) is 23.2 Å². The normalized spacial score (nSPS) is 14.2. The summed E-state index contributed by atoms with van der Waals surface area (Å²) in [5.74, 6) is 0.342. The van der Waals surface area contributed by atoms with Gasteiger partial charge in [-0.2, -0.15) is 13.2 Å². The molecule has 1 aliphatic heterocycles. The minimum atomic E-state index is -4.58. The van der Waals surface area contributed by atoms with Gasteiger partial charge in [0.1, 0.15) is 11.4 Å². The zero-order chi connectivity index (χ0) is 30.2. The molecule has 2 aromatic carbocycles. The number of benzene rings is 2. The van der Waals surface area contributed by atoms with Gasteiger partial charge in [-0.1, -0.05) is 0 Å². The SMILES string of the molecule is Cn1c(C(=O)N2CCN(C(=O)O)CC2)cc2ccc(Oc3ccc(NS(=O)(=O)c4ccc(C(F)(F)F)cc4)cn3)cc21. The van der Waals surface area contributed by atoms with E-state index in [0.717, 1.165) is 17.5 Å². The maximum Gasteiger partial charge on any atom is 0.416 e. The van der Waals surface area contributed by atoms with E-state index >= 15 is 0 Å². The Bertz CT molecular complexity index is 1750. The molecule has 1 aliphatic rings. The number of aromatic nitrogens is 2. The van der Waals surface area contributed by atoms with E-state index < -0.39 is 27.9 Å². The lowest BCUT2D eigenvalue weighted by Crippen LogP contribution is -2.50. The van der Waals surface area contributed by atoms with Gasteiger partial charge in [0.25, 0.3) is 15.9 Å². The Hall–Kier alpha value is -4.79. The molecular weight excluding hydrogens is 579 g/mol. The molecule has 0 spiro atoms. The van der Waals surface area contributed by atoms with E-state index in [1.54, 1.807) is 40.8 Å². The second kappa shape index (κ2) is 10.9. The van der Waals surface area contributed by atoms with Crippen molar-refractivity contribution in [2.45, 2.75) is 11.1 Å². The summed E-state index contributed by atoms with van der Waals surface area (Å²) in [5, 5.41) is 9.92. The summed E-state index contributed by atoms with van der Waals surface area (Å²) in [6, 6.07) is 12.9. The number of carbonyl (C=O) groups is 2. The van der Waals surface area contributed by atoms with Crippen molar-refractivity contribution in [1.29, 1.82) is 0 Å². The molecule has 220 valence electrons. The molecule has 0 atom stereocenters. The van der Waals surface area contributed by atoms with Crippen LogP contribution < -0.4 is 9.46 Å². The first-order valence-electron chi connectivity index (χ1n) is 12.5. The van der Waals surface area contributed by atoms with E-state index in [-0.39, 0.29) is 35.5 Å². The fourth-order valence-corrected chi connectivity index (χ4v) is 5.54. The molecule has 1 saturated heterocycles. The number of carbonyl (C=O) groups excluding carboxylic acids is 1. The molecule has 11 nitrogen and oxygen atoms in total. The first-order chi connectivity index (χ1) is 19.8. The number of nitrogens with one attached hydrogen (secondary N) is 1. The summed E-state index contributed by atoms with van der Waals surface area (Å²) in [6.07, 6.45) is -4.39. The number of piperazine rings is 1. The number of hydrogen-bond acceptors (Lipinski definition) is 6.